The van der Waals surface area contributed by atoms with Crippen LogP contribution >= 0.6 is 0 Å². The molecule has 1 unspecified atom stereocenters. The van der Waals surface area contributed by atoms with Gasteiger partial charge in [-0.1, -0.05) is 6.92 Å². The lowest BCUT2D eigenvalue weighted by Crippen LogP contribution is -2.12. The maximum atomic E-state index is 5.60. The Hall–Kier alpha value is -1.81. The predicted octanol–water partition coefficient (Wildman–Crippen LogP) is 1.60. The molecule has 0 saturated heterocycles. The van der Waals surface area contributed by atoms with Gasteiger partial charge in [0.2, 0.25) is 0 Å². The molecule has 2 N–H and O–H groups in total. The third-order valence-corrected chi connectivity index (χ3v) is 2.43. The first kappa shape index (κ1) is 10.7. The van der Waals surface area contributed by atoms with Crippen LogP contribution in [-0.2, 0) is 0 Å². The van der Waals surface area contributed by atoms with Crippen molar-refractivity contribution in [3.8, 4) is 11.3 Å². The Labute approximate surface area is 94.6 Å². The van der Waals surface area contributed by atoms with Crippen LogP contribution in [0.25, 0.3) is 11.3 Å². The molecule has 0 aromatic carbocycles. The van der Waals surface area contributed by atoms with E-state index in [0.29, 0.717) is 6.54 Å². The van der Waals surface area contributed by atoms with Gasteiger partial charge < -0.3 is 5.73 Å². The molecule has 2 heterocycles. The molecule has 0 aliphatic rings. The summed E-state index contributed by atoms with van der Waals surface area (Å²) in [6, 6.07) is 5.75. The van der Waals surface area contributed by atoms with E-state index in [-0.39, 0.29) is 5.92 Å². The molecule has 0 aliphatic heterocycles. The van der Waals surface area contributed by atoms with Gasteiger partial charge in [0.1, 0.15) is 5.82 Å². The lowest BCUT2D eigenvalue weighted by molar-refractivity contribution is 0.712. The predicted molar refractivity (Wildman–Crippen MR) is 62.7 cm³/mol. The number of nitrogens with zero attached hydrogens (tertiary/aromatic N) is 3. The van der Waals surface area contributed by atoms with Crippen LogP contribution in [0, 0.1) is 0 Å². The summed E-state index contributed by atoms with van der Waals surface area (Å²) in [5.41, 5.74) is 7.48. The lowest BCUT2D eigenvalue weighted by atomic mass is 10.1. The minimum Gasteiger partial charge on any atom is -0.330 e. The van der Waals surface area contributed by atoms with E-state index in [1.54, 1.807) is 18.6 Å². The quantitative estimate of drug-likeness (QED) is 0.842. The van der Waals surface area contributed by atoms with Crippen LogP contribution in [0.4, 0.5) is 0 Å². The highest BCUT2D eigenvalue weighted by Gasteiger charge is 2.07. The third kappa shape index (κ3) is 2.23. The van der Waals surface area contributed by atoms with Gasteiger partial charge in [0.15, 0.2) is 0 Å². The van der Waals surface area contributed by atoms with E-state index < -0.39 is 0 Å². The molecule has 0 spiro atoms. The van der Waals surface area contributed by atoms with Gasteiger partial charge in [-0.3, -0.25) is 4.98 Å². The fraction of sp³-hybridized carbons (Fsp3) is 0.250. The van der Waals surface area contributed by atoms with Gasteiger partial charge in [-0.2, -0.15) is 0 Å². The monoisotopic (exact) mass is 214 g/mol. The minimum atomic E-state index is 0.177. The molecule has 4 heteroatoms. The minimum absolute atomic E-state index is 0.177. The van der Waals surface area contributed by atoms with E-state index in [2.05, 4.69) is 15.0 Å². The first-order valence-corrected chi connectivity index (χ1v) is 5.24. The molecule has 0 aliphatic carbocycles. The summed E-state index contributed by atoms with van der Waals surface area (Å²) in [6.45, 7) is 2.57. The van der Waals surface area contributed by atoms with Crippen molar-refractivity contribution in [3.05, 3.63) is 42.6 Å². The van der Waals surface area contributed by atoms with Crippen molar-refractivity contribution in [1.29, 1.82) is 0 Å². The Kier molecular flexibility index (Phi) is 3.22. The van der Waals surface area contributed by atoms with Crippen molar-refractivity contribution in [3.63, 3.8) is 0 Å². The van der Waals surface area contributed by atoms with E-state index in [9.17, 15) is 0 Å². The van der Waals surface area contributed by atoms with Crippen LogP contribution in [0.2, 0.25) is 0 Å². The molecule has 0 saturated carbocycles. The number of nitrogens with two attached hydrogens (primary N) is 1. The van der Waals surface area contributed by atoms with Crippen LogP contribution in [0.5, 0.6) is 0 Å². The average Bonchev–Trinajstić information content (AvgIpc) is 2.39. The fourth-order valence-corrected chi connectivity index (χ4v) is 1.39. The molecule has 0 amide bonds. The fourth-order valence-electron chi connectivity index (χ4n) is 1.39. The Bertz CT molecular complexity index is 456. The van der Waals surface area contributed by atoms with Crippen LogP contribution in [0.15, 0.2) is 36.8 Å². The summed E-state index contributed by atoms with van der Waals surface area (Å²) >= 11 is 0. The Morgan fingerprint density at radius 2 is 2.19 bits per heavy atom. The van der Waals surface area contributed by atoms with Crippen LogP contribution in [0.3, 0.4) is 0 Å². The highest BCUT2D eigenvalue weighted by molar-refractivity contribution is 5.56. The number of rotatable bonds is 3. The summed E-state index contributed by atoms with van der Waals surface area (Å²) in [7, 11) is 0. The zero-order valence-corrected chi connectivity index (χ0v) is 9.17. The summed E-state index contributed by atoms with van der Waals surface area (Å²) < 4.78 is 0. The lowest BCUT2D eigenvalue weighted by Gasteiger charge is -2.08. The first-order valence-electron chi connectivity index (χ1n) is 5.24. The van der Waals surface area contributed by atoms with E-state index in [1.165, 1.54) is 0 Å². The van der Waals surface area contributed by atoms with Gasteiger partial charge in [0.25, 0.3) is 0 Å². The number of pyridine rings is 1. The van der Waals surface area contributed by atoms with Crippen molar-refractivity contribution in [2.75, 3.05) is 6.54 Å². The Balaban J connectivity index is 2.36. The van der Waals surface area contributed by atoms with E-state index >= 15 is 0 Å². The molecule has 2 rings (SSSR count). The zero-order chi connectivity index (χ0) is 11.4. The third-order valence-electron chi connectivity index (χ3n) is 2.43. The molecule has 16 heavy (non-hydrogen) atoms. The molecule has 82 valence electrons. The molecule has 1 atom stereocenters. The number of hydrogen-bond acceptors (Lipinski definition) is 4. The van der Waals surface area contributed by atoms with Crippen molar-refractivity contribution in [2.24, 2.45) is 5.73 Å². The highest BCUT2D eigenvalue weighted by atomic mass is 14.9. The van der Waals surface area contributed by atoms with Crippen LogP contribution in [0.1, 0.15) is 18.7 Å². The summed E-state index contributed by atoms with van der Waals surface area (Å²) in [4.78, 5) is 12.8. The van der Waals surface area contributed by atoms with E-state index in [0.717, 1.165) is 17.1 Å². The number of aromatic nitrogens is 3. The average molecular weight is 214 g/mol. The molecule has 4 nitrogen and oxygen atoms in total. The SMILES string of the molecule is CC(CN)c1nccc(-c2cccnc2)n1. The van der Waals surface area contributed by atoms with Crippen LogP contribution < -0.4 is 5.73 Å². The van der Waals surface area contributed by atoms with E-state index in [4.69, 9.17) is 5.73 Å². The first-order chi connectivity index (χ1) is 7.81. The molecule has 0 fully saturated rings. The molecule has 0 radical (unpaired) electrons. The summed E-state index contributed by atoms with van der Waals surface area (Å²) in [5.74, 6) is 0.959. The zero-order valence-electron chi connectivity index (χ0n) is 9.17. The second-order valence-electron chi connectivity index (χ2n) is 3.68. The molecular weight excluding hydrogens is 200 g/mol. The highest BCUT2D eigenvalue weighted by Crippen LogP contribution is 2.16. The summed E-state index contributed by atoms with van der Waals surface area (Å²) in [5, 5.41) is 0. The van der Waals surface area contributed by atoms with Crippen molar-refractivity contribution < 1.29 is 0 Å². The van der Waals surface area contributed by atoms with Gasteiger partial charge in [-0.25, -0.2) is 9.97 Å². The topological polar surface area (TPSA) is 64.7 Å². The maximum absolute atomic E-state index is 5.60. The Morgan fingerprint density at radius 3 is 2.88 bits per heavy atom. The number of hydrogen-bond donors (Lipinski definition) is 1. The second-order valence-corrected chi connectivity index (χ2v) is 3.68. The molecule has 0 bridgehead atoms. The molecule has 2 aromatic heterocycles. The normalized spacial score (nSPS) is 12.4. The van der Waals surface area contributed by atoms with E-state index in [1.807, 2.05) is 25.1 Å². The van der Waals surface area contributed by atoms with Gasteiger partial charge in [-0.05, 0) is 18.2 Å². The van der Waals surface area contributed by atoms with Crippen molar-refractivity contribution in [2.45, 2.75) is 12.8 Å². The van der Waals surface area contributed by atoms with Gasteiger partial charge in [0.05, 0.1) is 5.69 Å². The van der Waals surface area contributed by atoms with Gasteiger partial charge >= 0.3 is 0 Å². The summed E-state index contributed by atoms with van der Waals surface area (Å²) in [6.07, 6.45) is 5.30. The molecular formula is C12H14N4. The molecule has 2 aromatic rings. The smallest absolute Gasteiger partial charge is 0.133 e. The Morgan fingerprint density at radius 1 is 1.31 bits per heavy atom. The van der Waals surface area contributed by atoms with Gasteiger partial charge in [-0.15, -0.1) is 0 Å². The van der Waals surface area contributed by atoms with Crippen molar-refractivity contribution in [1.82, 2.24) is 15.0 Å². The van der Waals surface area contributed by atoms with Crippen LogP contribution in [-0.4, -0.2) is 21.5 Å². The standard InChI is InChI=1S/C12H14N4/c1-9(7-13)12-15-6-4-11(16-12)10-3-2-5-14-8-10/h2-6,8-9H,7,13H2,1H3. The largest absolute Gasteiger partial charge is 0.330 e. The second kappa shape index (κ2) is 4.81. The van der Waals surface area contributed by atoms with Crippen molar-refractivity contribution >= 4 is 0 Å². The van der Waals surface area contributed by atoms with Gasteiger partial charge in [0, 0.05) is 36.6 Å². The maximum Gasteiger partial charge on any atom is 0.133 e.